The van der Waals surface area contributed by atoms with Crippen LogP contribution in [0.15, 0.2) is 158 Å². The Hall–Kier alpha value is -6.36. The van der Waals surface area contributed by atoms with E-state index in [2.05, 4.69) is 216 Å². The quantitative estimate of drug-likeness (QED) is 0.160. The van der Waals surface area contributed by atoms with Crippen LogP contribution < -0.4 is 20.6 Å². The van der Waals surface area contributed by atoms with Crippen molar-refractivity contribution < 1.29 is 0 Å². The van der Waals surface area contributed by atoms with Gasteiger partial charge in [-0.1, -0.05) is 170 Å². The molecule has 4 heterocycles. The molecule has 0 spiro atoms. The average Bonchev–Trinajstić information content (AvgIpc) is 3.77. The third-order valence-electron chi connectivity index (χ3n) is 15.0. The van der Waals surface area contributed by atoms with Gasteiger partial charge in [0, 0.05) is 64.9 Å². The van der Waals surface area contributed by atoms with E-state index in [0.29, 0.717) is 0 Å². The van der Waals surface area contributed by atoms with E-state index in [1.165, 1.54) is 121 Å². The van der Waals surface area contributed by atoms with Crippen molar-refractivity contribution in [2.24, 2.45) is 0 Å². The molecular formula is C58H47BN2S. The van der Waals surface area contributed by atoms with Crippen LogP contribution >= 0.6 is 11.3 Å². The third-order valence-corrected chi connectivity index (χ3v) is 16.2. The second-order valence-corrected chi connectivity index (χ2v) is 21.1. The number of rotatable bonds is 2. The van der Waals surface area contributed by atoms with Crippen molar-refractivity contribution in [1.82, 2.24) is 0 Å². The highest BCUT2D eigenvalue weighted by molar-refractivity contribution is 7.27. The van der Waals surface area contributed by atoms with Gasteiger partial charge in [-0.25, -0.2) is 0 Å². The fourth-order valence-electron chi connectivity index (χ4n) is 12.0. The molecule has 2 nitrogen and oxygen atoms in total. The minimum Gasteiger partial charge on any atom is -0.376 e. The Morgan fingerprint density at radius 2 is 1.19 bits per heavy atom. The molecule has 0 N–H and O–H groups in total. The molecule has 0 atom stereocenters. The van der Waals surface area contributed by atoms with E-state index < -0.39 is 0 Å². The number of para-hydroxylation sites is 2. The number of thiophene rings is 1. The molecule has 0 radical (unpaired) electrons. The Labute approximate surface area is 369 Å². The number of nitrogens with zero attached hydrogens (tertiary/aromatic N) is 2. The Morgan fingerprint density at radius 3 is 2.02 bits per heavy atom. The van der Waals surface area contributed by atoms with Gasteiger partial charge >= 0.3 is 6.85 Å². The summed E-state index contributed by atoms with van der Waals surface area (Å²) in [6, 6.07) is 60.5. The lowest BCUT2D eigenvalue weighted by atomic mass is 9.41. The molecule has 0 unspecified atom stereocenters. The van der Waals surface area contributed by atoms with Gasteiger partial charge in [-0.15, -0.1) is 11.3 Å². The largest absolute Gasteiger partial charge is 0.376 e. The summed E-state index contributed by atoms with van der Waals surface area (Å²) in [4.78, 5) is 5.45. The normalized spacial score (nSPS) is 15.8. The van der Waals surface area contributed by atoms with Gasteiger partial charge < -0.3 is 9.71 Å². The molecule has 0 saturated heterocycles. The second kappa shape index (κ2) is 12.2. The molecule has 0 saturated carbocycles. The summed E-state index contributed by atoms with van der Waals surface area (Å²) in [6.07, 6.45) is 0. The Morgan fingerprint density at radius 1 is 0.500 bits per heavy atom. The second-order valence-electron chi connectivity index (χ2n) is 20.1. The van der Waals surface area contributed by atoms with Crippen LogP contribution in [0.3, 0.4) is 0 Å². The minimum absolute atomic E-state index is 0.0188. The van der Waals surface area contributed by atoms with Crippen LogP contribution in [-0.2, 0) is 16.2 Å². The predicted octanol–water partition coefficient (Wildman–Crippen LogP) is 14.7. The van der Waals surface area contributed by atoms with Gasteiger partial charge in [-0.05, 0) is 103 Å². The van der Waals surface area contributed by atoms with E-state index in [1.807, 2.05) is 11.3 Å². The van der Waals surface area contributed by atoms with Crippen molar-refractivity contribution in [3.05, 3.63) is 186 Å². The first-order chi connectivity index (χ1) is 29.9. The minimum atomic E-state index is -0.216. The van der Waals surface area contributed by atoms with Crippen LogP contribution in [0, 0.1) is 0 Å². The van der Waals surface area contributed by atoms with Gasteiger partial charge in [-0.3, -0.25) is 0 Å². The summed E-state index contributed by atoms with van der Waals surface area (Å²) in [7, 11) is 0. The highest BCUT2D eigenvalue weighted by atomic mass is 32.1. The molecule has 1 aliphatic carbocycles. The fraction of sp³-hybridized carbons (Fsp3) is 0.172. The Balaban J connectivity index is 1.25. The van der Waals surface area contributed by atoms with Crippen molar-refractivity contribution in [3.8, 4) is 33.4 Å². The van der Waals surface area contributed by atoms with Crippen molar-refractivity contribution in [2.45, 2.75) is 64.7 Å². The first-order valence-electron chi connectivity index (χ1n) is 22.2. The zero-order chi connectivity index (χ0) is 42.0. The van der Waals surface area contributed by atoms with Crippen LogP contribution in [0.1, 0.15) is 76.3 Å². The first kappa shape index (κ1) is 36.3. The maximum absolute atomic E-state index is 2.78. The van der Waals surface area contributed by atoms with E-state index in [-0.39, 0.29) is 23.1 Å². The first-order valence-corrected chi connectivity index (χ1v) is 23.0. The van der Waals surface area contributed by atoms with E-state index in [0.717, 1.165) is 0 Å². The molecular weight excluding hydrogens is 768 g/mol. The van der Waals surface area contributed by atoms with Gasteiger partial charge in [0.15, 0.2) is 0 Å². The lowest BCUT2D eigenvalue weighted by Gasteiger charge is -2.52. The summed E-state index contributed by atoms with van der Waals surface area (Å²) < 4.78 is 2.70. The summed E-state index contributed by atoms with van der Waals surface area (Å²) in [6.45, 7) is 16.7. The average molecular weight is 815 g/mol. The molecule has 62 heavy (non-hydrogen) atoms. The molecule has 13 rings (SSSR count). The summed E-state index contributed by atoms with van der Waals surface area (Å²) in [5.41, 5.74) is 23.6. The fourth-order valence-corrected chi connectivity index (χ4v) is 13.3. The molecule has 8 aromatic carbocycles. The van der Waals surface area contributed by atoms with Crippen molar-refractivity contribution >= 4 is 77.7 Å². The lowest BCUT2D eigenvalue weighted by Crippen LogP contribution is -2.63. The number of benzene rings is 8. The molecule has 298 valence electrons. The number of hydrogen-bond acceptors (Lipinski definition) is 3. The third kappa shape index (κ3) is 4.56. The maximum Gasteiger partial charge on any atom is 0.334 e. The number of fused-ring (bicyclic) bond motifs is 14. The zero-order valence-electron chi connectivity index (χ0n) is 36.4. The van der Waals surface area contributed by atoms with Crippen molar-refractivity contribution in [3.63, 3.8) is 0 Å². The van der Waals surface area contributed by atoms with E-state index in [4.69, 9.17) is 0 Å². The van der Waals surface area contributed by atoms with Gasteiger partial charge in [0.2, 0.25) is 0 Å². The SMILES string of the molecule is CC(C)(C)c1ccc(N2c3cc4c(c5c3B(c3c2ccc2c3sc3ccccc32)N2c3ccccc3C(C)(C)c3cccc-5c32)C(C)(C)c2ccccc2-4)c(-c2ccccc2)c1. The Bertz CT molecular complexity index is 3420. The van der Waals surface area contributed by atoms with Crippen LogP contribution in [0.4, 0.5) is 28.4 Å². The molecule has 0 fully saturated rings. The summed E-state index contributed by atoms with van der Waals surface area (Å²) in [5, 5.41) is 2.66. The smallest absolute Gasteiger partial charge is 0.334 e. The van der Waals surface area contributed by atoms with Gasteiger partial charge in [-0.2, -0.15) is 0 Å². The van der Waals surface area contributed by atoms with Crippen LogP contribution in [0.5, 0.6) is 0 Å². The van der Waals surface area contributed by atoms with Crippen molar-refractivity contribution in [1.29, 1.82) is 0 Å². The van der Waals surface area contributed by atoms with Gasteiger partial charge in [0.25, 0.3) is 0 Å². The standard InChI is InChI=1S/C58H47BN2S/c1-56(2,3)35-28-30-45(40(32-35)34-18-9-8-10-19-34)60-47-31-29-38-37-21-12-16-27-49(37)62-55(38)53(47)59-52-48(60)33-41-36-20-11-13-23-42(36)58(6,7)51(41)50(52)39-22-17-25-44-54(39)61(59)46-26-15-14-24-43(46)57(44,4)5/h8-33H,1-7H3. The maximum atomic E-state index is 2.78. The topological polar surface area (TPSA) is 6.48 Å². The zero-order valence-corrected chi connectivity index (χ0v) is 37.2. The summed E-state index contributed by atoms with van der Waals surface area (Å²) >= 11 is 1.96. The summed E-state index contributed by atoms with van der Waals surface area (Å²) in [5.74, 6) is 0. The van der Waals surface area contributed by atoms with Crippen LogP contribution in [-0.4, -0.2) is 6.85 Å². The van der Waals surface area contributed by atoms with Crippen molar-refractivity contribution in [2.75, 3.05) is 9.71 Å². The molecule has 4 aliphatic rings. The molecule has 4 heteroatoms. The molecule has 1 aromatic heterocycles. The van der Waals surface area contributed by atoms with E-state index in [9.17, 15) is 0 Å². The number of anilines is 5. The lowest BCUT2D eigenvalue weighted by molar-refractivity contribution is 0.590. The van der Waals surface area contributed by atoms with E-state index in [1.54, 1.807) is 0 Å². The molecule has 3 aliphatic heterocycles. The van der Waals surface area contributed by atoms with Crippen LogP contribution in [0.25, 0.3) is 53.6 Å². The highest BCUT2D eigenvalue weighted by Crippen LogP contribution is 2.61. The van der Waals surface area contributed by atoms with E-state index >= 15 is 0 Å². The van der Waals surface area contributed by atoms with Gasteiger partial charge in [0.05, 0.1) is 5.69 Å². The van der Waals surface area contributed by atoms with Crippen LogP contribution in [0.2, 0.25) is 0 Å². The van der Waals surface area contributed by atoms with Gasteiger partial charge in [0.1, 0.15) is 0 Å². The predicted molar refractivity (Wildman–Crippen MR) is 267 cm³/mol. The molecule has 0 amide bonds. The monoisotopic (exact) mass is 814 g/mol. The number of hydrogen-bond donors (Lipinski definition) is 0. The molecule has 0 bridgehead atoms. The Kier molecular flexibility index (Phi) is 7.13. The highest BCUT2D eigenvalue weighted by Gasteiger charge is 2.53. The molecule has 9 aromatic rings.